The fourth-order valence-corrected chi connectivity index (χ4v) is 9.02. The van der Waals surface area contributed by atoms with E-state index in [1.807, 2.05) is 60.7 Å². The monoisotopic (exact) mass is 633 g/mol. The first-order valence-corrected chi connectivity index (χ1v) is 16.5. The van der Waals surface area contributed by atoms with Crippen LogP contribution in [0.2, 0.25) is 0 Å². The predicted octanol–water partition coefficient (Wildman–Crippen LogP) is 6.80. The van der Waals surface area contributed by atoms with Gasteiger partial charge >= 0.3 is 4.87 Å². The Labute approximate surface area is 268 Å². The molecule has 0 radical (unpaired) electrons. The van der Waals surface area contributed by atoms with Gasteiger partial charge in [0, 0.05) is 16.5 Å². The van der Waals surface area contributed by atoms with Gasteiger partial charge in [-0.2, -0.15) is 0 Å². The largest absolute Gasteiger partial charge is 0.325 e. The quantitative estimate of drug-likeness (QED) is 0.215. The Morgan fingerprint density at radius 2 is 1.51 bits per heavy atom. The number of amides is 3. The van der Waals surface area contributed by atoms with E-state index in [2.05, 4.69) is 38.2 Å². The number of aromatic nitrogens is 1. The van der Waals surface area contributed by atoms with Crippen LogP contribution in [-0.4, -0.2) is 27.5 Å². The Bertz CT molecular complexity index is 2030. The maximum absolute atomic E-state index is 14.1. The molecule has 0 unspecified atom stereocenters. The molecule has 4 aromatic carbocycles. The highest BCUT2D eigenvalue weighted by molar-refractivity contribution is 8.00. The molecule has 1 aromatic heterocycles. The second-order valence-corrected chi connectivity index (χ2v) is 14.6. The number of thioether (sulfide) groups is 1. The van der Waals surface area contributed by atoms with Gasteiger partial charge in [0.1, 0.15) is 11.8 Å². The molecule has 7 rings (SSSR count). The van der Waals surface area contributed by atoms with E-state index in [0.29, 0.717) is 21.3 Å². The molecule has 7 nitrogen and oxygen atoms in total. The van der Waals surface area contributed by atoms with Crippen molar-refractivity contribution in [2.75, 3.05) is 10.2 Å². The van der Waals surface area contributed by atoms with Gasteiger partial charge in [-0.1, -0.05) is 117 Å². The molecule has 1 fully saturated rings. The first kappa shape index (κ1) is 29.3. The molecular weight excluding hydrogens is 603 g/mol. The van der Waals surface area contributed by atoms with Crippen LogP contribution in [0.15, 0.2) is 107 Å². The standard InChI is InChI=1S/C36H31N3O4S2/c1-36(2,3)24-16-13-22(14-17-24)28-29-30(33(42)39(32(29)41)26-11-5-4-6-12-26)44-34-31(28)45-35(43)38(34)20-27(40)37-25-18-15-21-9-7-8-10-23(21)19-25/h4-19,28-30H,20H2,1-3H3,(H,37,40)/t28-,29-,30+/m0/s1. The number of imide groups is 1. The summed E-state index contributed by atoms with van der Waals surface area (Å²) in [6, 6.07) is 30.6. The number of carbonyl (C=O) groups is 3. The van der Waals surface area contributed by atoms with Crippen LogP contribution >= 0.6 is 23.1 Å². The SMILES string of the molecule is CC(C)(C)c1ccc([C@@H]2c3sc(=O)n(CC(=O)Nc4ccc5ccccc5c4)c3S[C@H]3C(=O)N(c4ccccc4)C(=O)[C@@H]23)cc1. The van der Waals surface area contributed by atoms with Gasteiger partial charge < -0.3 is 5.32 Å². The van der Waals surface area contributed by atoms with Crippen LogP contribution in [0.25, 0.3) is 10.8 Å². The highest BCUT2D eigenvalue weighted by Gasteiger charge is 2.56. The van der Waals surface area contributed by atoms with Gasteiger partial charge in [0.15, 0.2) is 0 Å². The summed E-state index contributed by atoms with van der Waals surface area (Å²) in [5.41, 5.74) is 3.11. The minimum Gasteiger partial charge on any atom is -0.325 e. The Morgan fingerprint density at radius 1 is 0.822 bits per heavy atom. The summed E-state index contributed by atoms with van der Waals surface area (Å²) in [6.45, 7) is 6.21. The maximum Gasteiger partial charge on any atom is 0.308 e. The summed E-state index contributed by atoms with van der Waals surface area (Å²) in [5.74, 6) is -2.13. The number of benzene rings is 4. The first-order chi connectivity index (χ1) is 21.6. The summed E-state index contributed by atoms with van der Waals surface area (Å²) in [6.07, 6.45) is 0. The van der Waals surface area contributed by atoms with Crippen LogP contribution in [0.4, 0.5) is 11.4 Å². The number of hydrogen-bond donors (Lipinski definition) is 1. The Hall–Kier alpha value is -4.47. The minimum absolute atomic E-state index is 0.0650. The van der Waals surface area contributed by atoms with Crippen LogP contribution in [-0.2, 0) is 26.3 Å². The van der Waals surface area contributed by atoms with Crippen molar-refractivity contribution in [2.24, 2.45) is 5.92 Å². The molecule has 9 heteroatoms. The number of rotatable bonds is 5. The fourth-order valence-electron chi connectivity index (χ4n) is 6.25. The molecule has 3 amide bonds. The van der Waals surface area contributed by atoms with Crippen LogP contribution < -0.4 is 15.1 Å². The van der Waals surface area contributed by atoms with Crippen LogP contribution in [0.5, 0.6) is 0 Å². The minimum atomic E-state index is -0.735. The van der Waals surface area contributed by atoms with E-state index < -0.39 is 17.1 Å². The van der Waals surface area contributed by atoms with E-state index in [4.69, 9.17) is 0 Å². The van der Waals surface area contributed by atoms with Gasteiger partial charge in [0.05, 0.1) is 16.6 Å². The molecule has 45 heavy (non-hydrogen) atoms. The Balaban J connectivity index is 1.27. The van der Waals surface area contributed by atoms with Crippen molar-refractivity contribution in [1.29, 1.82) is 0 Å². The number of nitrogens with one attached hydrogen (secondary N) is 1. The van der Waals surface area contributed by atoms with Gasteiger partial charge in [0.2, 0.25) is 17.7 Å². The summed E-state index contributed by atoms with van der Waals surface area (Å²) in [5, 5.41) is 4.82. The number of fused-ring (bicyclic) bond motifs is 3. The Morgan fingerprint density at radius 3 is 2.22 bits per heavy atom. The molecule has 0 bridgehead atoms. The summed E-state index contributed by atoms with van der Waals surface area (Å²) in [7, 11) is 0. The third-order valence-electron chi connectivity index (χ3n) is 8.53. The van der Waals surface area contributed by atoms with E-state index >= 15 is 0 Å². The molecule has 0 saturated carbocycles. The van der Waals surface area contributed by atoms with Crippen molar-refractivity contribution in [3.63, 3.8) is 0 Å². The number of nitrogens with zero attached hydrogens (tertiary/aromatic N) is 2. The van der Waals surface area contributed by atoms with Crippen molar-refractivity contribution in [1.82, 2.24) is 4.57 Å². The van der Waals surface area contributed by atoms with E-state index in [1.54, 1.807) is 24.3 Å². The van der Waals surface area contributed by atoms with Crippen LogP contribution in [0.3, 0.4) is 0 Å². The molecule has 3 heterocycles. The predicted molar refractivity (Wildman–Crippen MR) is 180 cm³/mol. The zero-order valence-electron chi connectivity index (χ0n) is 25.0. The number of carbonyl (C=O) groups excluding carboxylic acids is 3. The van der Waals surface area contributed by atoms with Crippen molar-refractivity contribution >= 4 is 63.0 Å². The first-order valence-electron chi connectivity index (χ1n) is 14.8. The van der Waals surface area contributed by atoms with Gasteiger partial charge in [-0.05, 0) is 51.6 Å². The Kier molecular flexibility index (Phi) is 7.25. The lowest BCUT2D eigenvalue weighted by atomic mass is 9.81. The average Bonchev–Trinajstić information content (AvgIpc) is 3.47. The fraction of sp³-hybridized carbons (Fsp3) is 0.222. The summed E-state index contributed by atoms with van der Waals surface area (Å²) in [4.78, 5) is 56.5. The van der Waals surface area contributed by atoms with Crippen molar-refractivity contribution < 1.29 is 14.4 Å². The van der Waals surface area contributed by atoms with Gasteiger partial charge in [-0.3, -0.25) is 23.7 Å². The summed E-state index contributed by atoms with van der Waals surface area (Å²) >= 11 is 2.28. The molecule has 226 valence electrons. The molecule has 5 aromatic rings. The molecule has 3 atom stereocenters. The lowest BCUT2D eigenvalue weighted by molar-refractivity contribution is -0.122. The molecular formula is C36H31N3O4S2. The third-order valence-corrected chi connectivity index (χ3v) is 11.1. The lowest BCUT2D eigenvalue weighted by Gasteiger charge is -2.31. The topological polar surface area (TPSA) is 88.5 Å². The number of anilines is 2. The second-order valence-electron chi connectivity index (χ2n) is 12.5. The zero-order chi connectivity index (χ0) is 31.5. The maximum atomic E-state index is 14.1. The zero-order valence-corrected chi connectivity index (χ0v) is 26.7. The molecule has 1 saturated heterocycles. The molecule has 1 N–H and O–H groups in total. The van der Waals surface area contributed by atoms with E-state index in [0.717, 1.165) is 33.2 Å². The number of thiazole rings is 1. The highest BCUT2D eigenvalue weighted by Crippen LogP contribution is 2.54. The van der Waals surface area contributed by atoms with E-state index in [1.165, 1.54) is 21.2 Å². The third kappa shape index (κ3) is 5.19. The smallest absolute Gasteiger partial charge is 0.308 e. The molecule has 2 aliphatic heterocycles. The van der Waals surface area contributed by atoms with Crippen LogP contribution in [0, 0.1) is 5.92 Å². The van der Waals surface area contributed by atoms with Gasteiger partial charge in [-0.15, -0.1) is 0 Å². The second kappa shape index (κ2) is 11.2. The van der Waals surface area contributed by atoms with Crippen molar-refractivity contribution in [2.45, 2.75) is 48.9 Å². The average molecular weight is 634 g/mol. The van der Waals surface area contributed by atoms with E-state index in [-0.39, 0.29) is 34.6 Å². The normalized spacial score (nSPS) is 19.4. The summed E-state index contributed by atoms with van der Waals surface area (Å²) < 4.78 is 1.46. The van der Waals surface area contributed by atoms with Crippen molar-refractivity contribution in [3.8, 4) is 0 Å². The van der Waals surface area contributed by atoms with Gasteiger partial charge in [0.25, 0.3) is 0 Å². The lowest BCUT2D eigenvalue weighted by Crippen LogP contribution is -2.33. The molecule has 0 spiro atoms. The number of hydrogen-bond acceptors (Lipinski definition) is 6. The number of para-hydroxylation sites is 1. The molecule has 2 aliphatic rings. The van der Waals surface area contributed by atoms with Gasteiger partial charge in [-0.25, -0.2) is 4.90 Å². The van der Waals surface area contributed by atoms with Crippen LogP contribution in [0.1, 0.15) is 42.7 Å². The van der Waals surface area contributed by atoms with E-state index in [9.17, 15) is 19.2 Å². The van der Waals surface area contributed by atoms with Crippen molar-refractivity contribution in [3.05, 3.63) is 123 Å². The highest BCUT2D eigenvalue weighted by atomic mass is 32.2. The molecule has 0 aliphatic carbocycles.